The minimum atomic E-state index is -4.42. The van der Waals surface area contributed by atoms with Gasteiger partial charge in [-0.1, -0.05) is 0 Å². The molecule has 1 aromatic heterocycles. The molecular weight excluding hydrogens is 363 g/mol. The summed E-state index contributed by atoms with van der Waals surface area (Å²) in [5.41, 5.74) is -1.10. The summed E-state index contributed by atoms with van der Waals surface area (Å²) < 4.78 is 39.2. The number of halogens is 3. The fraction of sp³-hybridized carbons (Fsp3) is 0.706. The topological polar surface area (TPSA) is 70.5 Å². The van der Waals surface area contributed by atoms with Crippen LogP contribution in [0.2, 0.25) is 0 Å². The first-order chi connectivity index (χ1) is 12.7. The lowest BCUT2D eigenvalue weighted by molar-refractivity contribution is -0.141. The van der Waals surface area contributed by atoms with Crippen LogP contribution in [-0.2, 0) is 17.5 Å². The van der Waals surface area contributed by atoms with Crippen LogP contribution >= 0.6 is 0 Å². The van der Waals surface area contributed by atoms with E-state index >= 15 is 0 Å². The van der Waals surface area contributed by atoms with E-state index in [1.807, 2.05) is 0 Å². The highest BCUT2D eigenvalue weighted by Crippen LogP contribution is 2.32. The van der Waals surface area contributed by atoms with Gasteiger partial charge in [-0.05, 0) is 31.2 Å². The van der Waals surface area contributed by atoms with Crippen LogP contribution in [0.5, 0.6) is 0 Å². The van der Waals surface area contributed by atoms with Crippen molar-refractivity contribution in [2.45, 2.75) is 43.9 Å². The van der Waals surface area contributed by atoms with Crippen molar-refractivity contribution < 1.29 is 22.8 Å². The van der Waals surface area contributed by atoms with Gasteiger partial charge >= 0.3 is 12.2 Å². The highest BCUT2D eigenvalue weighted by atomic mass is 19.4. The molecule has 7 nitrogen and oxygen atoms in total. The molecule has 0 unspecified atom stereocenters. The van der Waals surface area contributed by atoms with Crippen molar-refractivity contribution >= 4 is 11.9 Å². The second kappa shape index (κ2) is 6.42. The van der Waals surface area contributed by atoms with Crippen LogP contribution in [0.1, 0.15) is 31.4 Å². The number of nitrogens with zero attached hydrogens (tertiary/aromatic N) is 4. The van der Waals surface area contributed by atoms with Gasteiger partial charge in [0.1, 0.15) is 0 Å². The van der Waals surface area contributed by atoms with Crippen molar-refractivity contribution in [1.82, 2.24) is 24.9 Å². The summed E-state index contributed by atoms with van der Waals surface area (Å²) in [5, 5.41) is 6.56. The van der Waals surface area contributed by atoms with E-state index in [9.17, 15) is 22.8 Å². The molecule has 27 heavy (non-hydrogen) atoms. The summed E-state index contributed by atoms with van der Waals surface area (Å²) >= 11 is 0. The number of likely N-dealkylation sites (tertiary alicyclic amines) is 2. The zero-order valence-electron chi connectivity index (χ0n) is 14.8. The monoisotopic (exact) mass is 385 g/mol. The molecule has 0 aromatic carbocycles. The number of carbonyl (C=O) groups excluding carboxylic acids is 2. The lowest BCUT2D eigenvalue weighted by Gasteiger charge is -2.49. The summed E-state index contributed by atoms with van der Waals surface area (Å²) in [4.78, 5) is 27.5. The second-order valence-electron chi connectivity index (χ2n) is 7.82. The number of piperidine rings is 1. The highest BCUT2D eigenvalue weighted by molar-refractivity contribution is 5.82. The fourth-order valence-electron chi connectivity index (χ4n) is 4.22. The highest BCUT2D eigenvalue weighted by Gasteiger charge is 2.50. The minimum absolute atomic E-state index is 0.0151. The number of alkyl halides is 3. The van der Waals surface area contributed by atoms with E-state index in [1.165, 1.54) is 10.9 Å². The second-order valence-corrected chi connectivity index (χ2v) is 7.82. The van der Waals surface area contributed by atoms with Gasteiger partial charge in [0.15, 0.2) is 5.69 Å². The maximum Gasteiger partial charge on any atom is 0.435 e. The van der Waals surface area contributed by atoms with Crippen LogP contribution in [0.25, 0.3) is 0 Å². The Bertz CT molecular complexity index is 733. The zero-order chi connectivity index (χ0) is 19.2. The average molecular weight is 385 g/mol. The Morgan fingerprint density at radius 1 is 1.26 bits per heavy atom. The van der Waals surface area contributed by atoms with Crippen molar-refractivity contribution in [3.8, 4) is 0 Å². The molecule has 3 fully saturated rings. The molecule has 1 N–H and O–H groups in total. The molecule has 3 aliphatic heterocycles. The molecule has 3 saturated heterocycles. The van der Waals surface area contributed by atoms with Gasteiger partial charge in [0.25, 0.3) is 0 Å². The van der Waals surface area contributed by atoms with E-state index in [-0.39, 0.29) is 23.4 Å². The molecule has 148 valence electrons. The summed E-state index contributed by atoms with van der Waals surface area (Å²) in [7, 11) is 0. The fourth-order valence-corrected chi connectivity index (χ4v) is 4.22. The smallest absolute Gasteiger partial charge is 0.347 e. The largest absolute Gasteiger partial charge is 0.435 e. The molecular formula is C17H22F3N5O2. The maximum atomic E-state index is 12.6. The van der Waals surface area contributed by atoms with Crippen molar-refractivity contribution in [2.24, 2.45) is 5.92 Å². The van der Waals surface area contributed by atoms with E-state index in [0.717, 1.165) is 25.3 Å². The Morgan fingerprint density at radius 2 is 1.96 bits per heavy atom. The van der Waals surface area contributed by atoms with Crippen LogP contribution in [0.4, 0.5) is 18.0 Å². The Kier molecular flexibility index (Phi) is 4.31. The maximum absolute atomic E-state index is 12.6. The SMILES string of the molecule is O=C1CCC2(CN(C(=O)N3CCC(Cn4ccc(C(F)(F)F)n4)CC3)C2)N1. The molecule has 0 radical (unpaired) electrons. The molecule has 3 aliphatic rings. The Morgan fingerprint density at radius 3 is 2.52 bits per heavy atom. The van der Waals surface area contributed by atoms with Crippen molar-refractivity contribution in [3.63, 3.8) is 0 Å². The van der Waals surface area contributed by atoms with Crippen LogP contribution in [-0.4, -0.2) is 63.2 Å². The van der Waals surface area contributed by atoms with Crippen LogP contribution in [0.15, 0.2) is 12.3 Å². The average Bonchev–Trinajstić information content (AvgIpc) is 3.20. The Hall–Kier alpha value is -2.26. The molecule has 4 heterocycles. The van der Waals surface area contributed by atoms with Crippen LogP contribution < -0.4 is 5.32 Å². The molecule has 10 heteroatoms. The molecule has 0 bridgehead atoms. The van der Waals surface area contributed by atoms with E-state index < -0.39 is 11.9 Å². The third-order valence-corrected chi connectivity index (χ3v) is 5.75. The molecule has 0 aliphatic carbocycles. The van der Waals surface area contributed by atoms with Gasteiger partial charge in [-0.25, -0.2) is 4.79 Å². The van der Waals surface area contributed by atoms with Gasteiger partial charge in [0, 0.05) is 45.3 Å². The normalized spacial score (nSPS) is 22.9. The standard InChI is InChI=1S/C17H22F3N5O2/c18-17(19,20)13-4-8-25(22-13)9-12-2-6-23(7-3-12)15(27)24-10-16(11-24)5-1-14(26)21-16/h4,8,12H,1-3,5-7,9-11H2,(H,21,26). The number of rotatable bonds is 2. The van der Waals surface area contributed by atoms with E-state index in [1.54, 1.807) is 9.80 Å². The molecule has 4 rings (SSSR count). The van der Waals surface area contributed by atoms with E-state index in [0.29, 0.717) is 39.1 Å². The minimum Gasteiger partial charge on any atom is -0.347 e. The lowest BCUT2D eigenvalue weighted by atomic mass is 9.88. The number of hydrogen-bond donors (Lipinski definition) is 1. The van der Waals surface area contributed by atoms with Crippen molar-refractivity contribution in [2.75, 3.05) is 26.2 Å². The molecule has 1 aromatic rings. The van der Waals surface area contributed by atoms with Crippen LogP contribution in [0, 0.1) is 5.92 Å². The van der Waals surface area contributed by atoms with Crippen molar-refractivity contribution in [1.29, 1.82) is 0 Å². The quantitative estimate of drug-likeness (QED) is 0.843. The van der Waals surface area contributed by atoms with Gasteiger partial charge in [0.05, 0.1) is 5.54 Å². The van der Waals surface area contributed by atoms with Gasteiger partial charge in [-0.15, -0.1) is 0 Å². The first kappa shape index (κ1) is 18.1. The first-order valence-electron chi connectivity index (χ1n) is 9.20. The number of hydrogen-bond acceptors (Lipinski definition) is 3. The van der Waals surface area contributed by atoms with E-state index in [4.69, 9.17) is 0 Å². The third-order valence-electron chi connectivity index (χ3n) is 5.75. The number of carbonyl (C=O) groups is 2. The number of nitrogens with one attached hydrogen (secondary N) is 1. The van der Waals surface area contributed by atoms with Gasteiger partial charge < -0.3 is 15.1 Å². The molecule has 3 amide bonds. The van der Waals surface area contributed by atoms with Crippen molar-refractivity contribution in [3.05, 3.63) is 18.0 Å². The summed E-state index contributed by atoms with van der Waals surface area (Å²) in [6.45, 7) is 2.73. The predicted octanol–water partition coefficient (Wildman–Crippen LogP) is 1.70. The number of aromatic nitrogens is 2. The third kappa shape index (κ3) is 3.61. The summed E-state index contributed by atoms with van der Waals surface area (Å²) in [5.74, 6) is 0.252. The van der Waals surface area contributed by atoms with Gasteiger partial charge in [-0.3, -0.25) is 9.48 Å². The Labute approximate surface area is 154 Å². The molecule has 0 atom stereocenters. The lowest BCUT2D eigenvalue weighted by Crippen LogP contribution is -2.70. The zero-order valence-corrected chi connectivity index (χ0v) is 14.8. The summed E-state index contributed by atoms with van der Waals surface area (Å²) in [6, 6.07) is 0.971. The number of amides is 3. The Balaban J connectivity index is 1.24. The predicted molar refractivity (Wildman–Crippen MR) is 88.6 cm³/mol. The number of urea groups is 1. The molecule has 0 saturated carbocycles. The summed E-state index contributed by atoms with van der Waals surface area (Å²) in [6.07, 6.45) is -0.284. The van der Waals surface area contributed by atoms with Gasteiger partial charge in [0.2, 0.25) is 5.91 Å². The van der Waals surface area contributed by atoms with E-state index in [2.05, 4.69) is 10.4 Å². The van der Waals surface area contributed by atoms with Crippen LogP contribution in [0.3, 0.4) is 0 Å². The van der Waals surface area contributed by atoms with Gasteiger partial charge in [-0.2, -0.15) is 18.3 Å². The molecule has 1 spiro atoms. The first-order valence-corrected chi connectivity index (χ1v) is 9.20.